The summed E-state index contributed by atoms with van der Waals surface area (Å²) in [4.78, 5) is 11.4. The Morgan fingerprint density at radius 3 is 2.10 bits per heavy atom. The molecule has 0 amide bonds. The average Bonchev–Trinajstić information content (AvgIpc) is 2.37. The molecule has 3 nitrogen and oxygen atoms in total. The van der Waals surface area contributed by atoms with Crippen molar-refractivity contribution in [1.82, 2.24) is 9.97 Å². The Morgan fingerprint density at radius 2 is 1.62 bits per heavy atom. The molecule has 0 spiro atoms. The molecule has 1 heterocycles. The number of anilines is 1. The third kappa shape index (κ3) is 7.12. The lowest BCUT2D eigenvalue weighted by atomic mass is 10.1. The first-order valence-corrected chi connectivity index (χ1v) is 8.58. The number of hydrogen-bond acceptors (Lipinski definition) is 3. The highest BCUT2D eigenvalue weighted by Crippen LogP contribution is 2.19. The van der Waals surface area contributed by atoms with Gasteiger partial charge in [-0.1, -0.05) is 46.2 Å². The van der Waals surface area contributed by atoms with E-state index in [9.17, 15) is 0 Å². The summed E-state index contributed by atoms with van der Waals surface area (Å²) in [7, 11) is 0. The predicted octanol–water partition coefficient (Wildman–Crippen LogP) is 4.98. The van der Waals surface area contributed by atoms with Crippen molar-refractivity contribution in [1.29, 1.82) is 0 Å². The highest BCUT2D eigenvalue weighted by Gasteiger charge is 2.12. The van der Waals surface area contributed by atoms with Gasteiger partial charge in [0.2, 0.25) is 0 Å². The van der Waals surface area contributed by atoms with E-state index in [1.54, 1.807) is 0 Å². The molecule has 0 aliphatic carbocycles. The normalized spacial score (nSPS) is 11.4. The zero-order valence-corrected chi connectivity index (χ0v) is 15.0. The van der Waals surface area contributed by atoms with Gasteiger partial charge in [0.25, 0.3) is 0 Å². The van der Waals surface area contributed by atoms with E-state index < -0.39 is 0 Å². The number of aromatic nitrogens is 2. The maximum absolute atomic E-state index is 6.18. The number of halogens is 1. The van der Waals surface area contributed by atoms with Crippen molar-refractivity contribution in [2.75, 3.05) is 18.0 Å². The molecule has 0 aliphatic rings. The van der Waals surface area contributed by atoms with Crippen molar-refractivity contribution < 1.29 is 0 Å². The van der Waals surface area contributed by atoms with Crippen LogP contribution in [0.3, 0.4) is 0 Å². The lowest BCUT2D eigenvalue weighted by molar-refractivity contribution is 0.532. The summed E-state index contributed by atoms with van der Waals surface area (Å²) in [5.41, 5.74) is 0. The molecule has 1 aromatic heterocycles. The van der Waals surface area contributed by atoms with Gasteiger partial charge in [-0.2, -0.15) is 0 Å². The number of aryl methyl sites for hydroxylation is 1. The molecule has 4 heteroatoms. The van der Waals surface area contributed by atoms with Gasteiger partial charge in [0.05, 0.1) is 0 Å². The maximum atomic E-state index is 6.18. The average molecular weight is 312 g/mol. The van der Waals surface area contributed by atoms with Crippen LogP contribution in [0.1, 0.15) is 59.7 Å². The van der Waals surface area contributed by atoms with Crippen molar-refractivity contribution in [3.8, 4) is 0 Å². The summed E-state index contributed by atoms with van der Waals surface area (Å²) >= 11 is 6.18. The van der Waals surface area contributed by atoms with Crippen molar-refractivity contribution in [3.05, 3.63) is 17.0 Å². The lowest BCUT2D eigenvalue weighted by Gasteiger charge is -2.26. The molecule has 0 aromatic carbocycles. The quantitative estimate of drug-likeness (QED) is 0.602. The van der Waals surface area contributed by atoms with Crippen molar-refractivity contribution >= 4 is 17.4 Å². The van der Waals surface area contributed by atoms with Gasteiger partial charge in [-0.3, -0.25) is 0 Å². The Hall–Kier alpha value is -0.830. The topological polar surface area (TPSA) is 29.0 Å². The highest BCUT2D eigenvalue weighted by molar-refractivity contribution is 6.29. The molecule has 0 unspecified atom stereocenters. The van der Waals surface area contributed by atoms with Crippen LogP contribution in [-0.2, 0) is 6.42 Å². The molecular formula is C17H30ClN3. The van der Waals surface area contributed by atoms with Crippen LogP contribution in [0.5, 0.6) is 0 Å². The summed E-state index contributed by atoms with van der Waals surface area (Å²) in [6, 6.07) is 1.90. The summed E-state index contributed by atoms with van der Waals surface area (Å²) in [5.74, 6) is 3.23. The van der Waals surface area contributed by atoms with Gasteiger partial charge in [0.1, 0.15) is 16.8 Å². The van der Waals surface area contributed by atoms with Crippen LogP contribution in [-0.4, -0.2) is 23.1 Å². The number of hydrogen-bond donors (Lipinski definition) is 0. The van der Waals surface area contributed by atoms with Crippen LogP contribution < -0.4 is 4.90 Å². The smallest absolute Gasteiger partial charge is 0.134 e. The van der Waals surface area contributed by atoms with Gasteiger partial charge in [0.15, 0.2) is 0 Å². The van der Waals surface area contributed by atoms with Crippen LogP contribution >= 0.6 is 11.6 Å². The van der Waals surface area contributed by atoms with Gasteiger partial charge in [-0.05, 0) is 31.1 Å². The Morgan fingerprint density at radius 1 is 1.05 bits per heavy atom. The van der Waals surface area contributed by atoms with E-state index in [4.69, 9.17) is 16.6 Å². The van der Waals surface area contributed by atoms with E-state index in [-0.39, 0.29) is 0 Å². The Balaban J connectivity index is 2.88. The molecule has 0 atom stereocenters. The van der Waals surface area contributed by atoms with Crippen LogP contribution in [0.2, 0.25) is 5.15 Å². The molecule has 0 N–H and O–H groups in total. The second kappa shape index (κ2) is 9.24. The first-order chi connectivity index (χ1) is 9.92. The fraction of sp³-hybridized carbons (Fsp3) is 0.765. The lowest BCUT2D eigenvalue weighted by Crippen LogP contribution is -2.28. The van der Waals surface area contributed by atoms with Gasteiger partial charge in [-0.15, -0.1) is 0 Å². The summed E-state index contributed by atoms with van der Waals surface area (Å²) in [5, 5.41) is 0.558. The Kier molecular flexibility index (Phi) is 8.02. The van der Waals surface area contributed by atoms with Gasteiger partial charge in [-0.25, -0.2) is 9.97 Å². The first kappa shape index (κ1) is 18.2. The van der Waals surface area contributed by atoms with Crippen molar-refractivity contribution in [3.63, 3.8) is 0 Å². The maximum Gasteiger partial charge on any atom is 0.134 e. The number of rotatable bonds is 9. The van der Waals surface area contributed by atoms with E-state index in [1.807, 2.05) is 6.07 Å². The third-order valence-corrected chi connectivity index (χ3v) is 3.67. The molecule has 0 radical (unpaired) electrons. The molecule has 1 aromatic rings. The van der Waals surface area contributed by atoms with Crippen molar-refractivity contribution in [2.24, 2.45) is 11.8 Å². The van der Waals surface area contributed by atoms with Crippen LogP contribution in [0.4, 0.5) is 5.82 Å². The third-order valence-electron chi connectivity index (χ3n) is 3.48. The largest absolute Gasteiger partial charge is 0.356 e. The summed E-state index contributed by atoms with van der Waals surface area (Å²) < 4.78 is 0. The van der Waals surface area contributed by atoms with Gasteiger partial charge < -0.3 is 4.90 Å². The zero-order valence-electron chi connectivity index (χ0n) is 14.2. The second-order valence-electron chi connectivity index (χ2n) is 6.57. The molecule has 0 bridgehead atoms. The molecule has 0 saturated heterocycles. The standard InChI is InChI=1S/C17H30ClN3/c1-6-7-16-19-15(18)12-17(20-16)21(10-8-13(2)3)11-9-14(4)5/h12-14H,6-11H2,1-5H3. The Labute approximate surface area is 135 Å². The minimum absolute atomic E-state index is 0.558. The monoisotopic (exact) mass is 311 g/mol. The fourth-order valence-electron chi connectivity index (χ4n) is 2.12. The van der Waals surface area contributed by atoms with E-state index in [0.29, 0.717) is 17.0 Å². The van der Waals surface area contributed by atoms with Crippen LogP contribution in [0.25, 0.3) is 0 Å². The molecule has 21 heavy (non-hydrogen) atoms. The minimum atomic E-state index is 0.558. The molecule has 120 valence electrons. The first-order valence-electron chi connectivity index (χ1n) is 8.20. The predicted molar refractivity (Wildman–Crippen MR) is 92.2 cm³/mol. The Bertz CT molecular complexity index is 406. The van der Waals surface area contributed by atoms with E-state index in [1.165, 1.54) is 12.8 Å². The number of nitrogens with zero attached hydrogens (tertiary/aromatic N) is 3. The van der Waals surface area contributed by atoms with Crippen LogP contribution in [0.15, 0.2) is 6.07 Å². The fourth-order valence-corrected chi connectivity index (χ4v) is 2.31. The van der Waals surface area contributed by atoms with E-state index in [0.717, 1.165) is 37.6 Å². The van der Waals surface area contributed by atoms with Gasteiger partial charge >= 0.3 is 0 Å². The van der Waals surface area contributed by atoms with Crippen molar-refractivity contribution in [2.45, 2.75) is 60.3 Å². The zero-order chi connectivity index (χ0) is 15.8. The molecule has 1 rings (SSSR count). The van der Waals surface area contributed by atoms with Crippen LogP contribution in [0, 0.1) is 11.8 Å². The van der Waals surface area contributed by atoms with Gasteiger partial charge in [0, 0.05) is 25.6 Å². The van der Waals surface area contributed by atoms with E-state index in [2.05, 4.69) is 44.5 Å². The molecule has 0 aliphatic heterocycles. The molecular weight excluding hydrogens is 282 g/mol. The van der Waals surface area contributed by atoms with E-state index >= 15 is 0 Å². The highest BCUT2D eigenvalue weighted by atomic mass is 35.5. The minimum Gasteiger partial charge on any atom is -0.356 e. The SMILES string of the molecule is CCCc1nc(Cl)cc(N(CCC(C)C)CCC(C)C)n1. The molecule has 0 saturated carbocycles. The molecule has 0 fully saturated rings. The summed E-state index contributed by atoms with van der Waals surface area (Å²) in [6.45, 7) is 13.2. The second-order valence-corrected chi connectivity index (χ2v) is 6.95. The summed E-state index contributed by atoms with van der Waals surface area (Å²) in [6.07, 6.45) is 4.26.